The minimum atomic E-state index is 0.511. The van der Waals surface area contributed by atoms with Gasteiger partial charge in [-0.05, 0) is 18.9 Å². The van der Waals surface area contributed by atoms with Crippen LogP contribution < -0.4 is 5.73 Å². The average molecular weight is 216 g/mol. The number of aromatic nitrogens is 1. The third kappa shape index (κ3) is 1.43. The molecule has 0 atom stereocenters. The molecule has 0 spiro atoms. The molecule has 3 nitrogen and oxygen atoms in total. The predicted octanol–water partition coefficient (Wildman–Crippen LogP) is 2.94. The maximum atomic E-state index is 5.69. The summed E-state index contributed by atoms with van der Waals surface area (Å²) in [6.07, 6.45) is 5.12. The molecule has 1 fully saturated rings. The average Bonchev–Trinajstić information content (AvgIpc) is 2.96. The molecule has 1 aromatic heterocycles. The van der Waals surface area contributed by atoms with E-state index in [-0.39, 0.29) is 0 Å². The first-order chi connectivity index (χ1) is 7.90. The summed E-state index contributed by atoms with van der Waals surface area (Å²) in [6.45, 7) is 0.511. The van der Waals surface area contributed by atoms with E-state index >= 15 is 0 Å². The van der Waals surface area contributed by atoms with Gasteiger partial charge in [-0.1, -0.05) is 30.1 Å². The van der Waals surface area contributed by atoms with Gasteiger partial charge < -0.3 is 10.3 Å². The van der Waals surface area contributed by atoms with E-state index in [0.29, 0.717) is 12.5 Å². The van der Waals surface area contributed by atoms with Crippen LogP contribution in [0.5, 0.6) is 0 Å². The first-order valence-electron chi connectivity index (χ1n) is 5.97. The molecule has 0 saturated heterocycles. The van der Waals surface area contributed by atoms with E-state index in [0.717, 1.165) is 22.2 Å². The van der Waals surface area contributed by atoms with Crippen molar-refractivity contribution in [2.45, 2.75) is 38.1 Å². The Kier molecular flexibility index (Phi) is 2.40. The van der Waals surface area contributed by atoms with E-state index in [1.807, 2.05) is 12.1 Å². The maximum Gasteiger partial charge on any atom is 0.171 e. The largest absolute Gasteiger partial charge is 0.356 e. The number of nitrogens with zero attached hydrogens (tertiary/aromatic N) is 1. The Labute approximate surface area is 94.6 Å². The van der Waals surface area contributed by atoms with Crippen LogP contribution in [0.2, 0.25) is 0 Å². The minimum Gasteiger partial charge on any atom is -0.356 e. The zero-order valence-corrected chi connectivity index (χ0v) is 9.28. The third-order valence-corrected chi connectivity index (χ3v) is 3.57. The Hall–Kier alpha value is -1.35. The number of fused-ring (bicyclic) bond motifs is 1. The van der Waals surface area contributed by atoms with Gasteiger partial charge in [0.25, 0.3) is 0 Å². The normalized spacial score (nSPS) is 17.3. The van der Waals surface area contributed by atoms with Crippen molar-refractivity contribution in [3.8, 4) is 0 Å². The maximum absolute atomic E-state index is 5.69. The summed E-state index contributed by atoms with van der Waals surface area (Å²) in [5.41, 5.74) is 8.76. The van der Waals surface area contributed by atoms with E-state index < -0.39 is 0 Å². The monoisotopic (exact) mass is 216 g/mol. The van der Waals surface area contributed by atoms with Gasteiger partial charge in [0, 0.05) is 23.4 Å². The molecule has 2 aromatic rings. The highest BCUT2D eigenvalue weighted by Gasteiger charge is 2.23. The van der Waals surface area contributed by atoms with Gasteiger partial charge in [-0.25, -0.2) is 0 Å². The molecular weight excluding hydrogens is 200 g/mol. The van der Waals surface area contributed by atoms with Gasteiger partial charge >= 0.3 is 0 Å². The Bertz CT molecular complexity index is 498. The predicted molar refractivity (Wildman–Crippen MR) is 63.1 cm³/mol. The lowest BCUT2D eigenvalue weighted by Crippen LogP contribution is -1.96. The second kappa shape index (κ2) is 3.91. The molecule has 1 aliphatic rings. The summed E-state index contributed by atoms with van der Waals surface area (Å²) in [6, 6.07) is 6.14. The topological polar surface area (TPSA) is 52.0 Å². The Balaban J connectivity index is 2.12. The summed E-state index contributed by atoms with van der Waals surface area (Å²) in [4.78, 5) is 0. The summed E-state index contributed by atoms with van der Waals surface area (Å²) >= 11 is 0. The van der Waals surface area contributed by atoms with E-state index in [4.69, 9.17) is 10.3 Å². The Morgan fingerprint density at radius 2 is 2.12 bits per heavy atom. The lowest BCUT2D eigenvalue weighted by Gasteiger charge is -2.04. The van der Waals surface area contributed by atoms with Gasteiger partial charge in [0.2, 0.25) is 0 Å². The first kappa shape index (κ1) is 9.85. The summed E-state index contributed by atoms with van der Waals surface area (Å²) < 4.78 is 5.45. The van der Waals surface area contributed by atoms with Gasteiger partial charge in [-0.3, -0.25) is 0 Å². The molecule has 0 amide bonds. The molecule has 1 heterocycles. The number of rotatable bonds is 2. The molecule has 0 radical (unpaired) electrons. The lowest BCUT2D eigenvalue weighted by molar-refractivity contribution is 0.435. The third-order valence-electron chi connectivity index (χ3n) is 3.57. The molecule has 1 saturated carbocycles. The number of nitrogens with two attached hydrogens (primary N) is 1. The molecular formula is C13H16N2O. The van der Waals surface area contributed by atoms with E-state index in [1.165, 1.54) is 25.7 Å². The fourth-order valence-electron chi connectivity index (χ4n) is 2.69. The summed E-state index contributed by atoms with van der Waals surface area (Å²) in [5.74, 6) is 0.592. The molecule has 3 heteroatoms. The van der Waals surface area contributed by atoms with Crippen molar-refractivity contribution in [3.05, 3.63) is 29.5 Å². The Morgan fingerprint density at radius 3 is 2.88 bits per heavy atom. The summed E-state index contributed by atoms with van der Waals surface area (Å²) in [5, 5.41) is 5.42. The fraction of sp³-hybridized carbons (Fsp3) is 0.462. The van der Waals surface area contributed by atoms with Crippen LogP contribution in [0.4, 0.5) is 0 Å². The summed E-state index contributed by atoms with van der Waals surface area (Å²) in [7, 11) is 0. The number of hydrogen-bond donors (Lipinski definition) is 1. The zero-order valence-electron chi connectivity index (χ0n) is 9.28. The van der Waals surface area contributed by atoms with Crippen LogP contribution in [0.25, 0.3) is 11.0 Å². The van der Waals surface area contributed by atoms with Gasteiger partial charge in [0.1, 0.15) is 0 Å². The van der Waals surface area contributed by atoms with Crippen molar-refractivity contribution in [3.63, 3.8) is 0 Å². The van der Waals surface area contributed by atoms with Crippen molar-refractivity contribution in [1.29, 1.82) is 0 Å². The van der Waals surface area contributed by atoms with E-state index in [1.54, 1.807) is 0 Å². The van der Waals surface area contributed by atoms with Crippen molar-refractivity contribution >= 4 is 11.0 Å². The molecule has 0 aliphatic heterocycles. The highest BCUT2D eigenvalue weighted by Crippen LogP contribution is 2.37. The molecule has 84 valence electrons. The molecule has 0 bridgehead atoms. The minimum absolute atomic E-state index is 0.511. The highest BCUT2D eigenvalue weighted by atomic mass is 16.5. The van der Waals surface area contributed by atoms with E-state index in [9.17, 15) is 0 Å². The van der Waals surface area contributed by atoms with Crippen LogP contribution in [0, 0.1) is 0 Å². The van der Waals surface area contributed by atoms with Gasteiger partial charge in [-0.15, -0.1) is 0 Å². The second-order valence-corrected chi connectivity index (χ2v) is 4.55. The van der Waals surface area contributed by atoms with Gasteiger partial charge in [-0.2, -0.15) is 0 Å². The standard InChI is InChI=1S/C13H16N2O/c14-8-10-6-3-7-11-12(15-16-13(10)11)9-4-1-2-5-9/h3,6-7,9H,1-2,4-5,8,14H2. The fourth-order valence-corrected chi connectivity index (χ4v) is 2.69. The molecule has 3 rings (SSSR count). The quantitative estimate of drug-likeness (QED) is 0.839. The SMILES string of the molecule is NCc1cccc2c(C3CCCC3)noc12. The first-order valence-corrected chi connectivity index (χ1v) is 5.97. The molecule has 1 aromatic carbocycles. The number of hydrogen-bond acceptors (Lipinski definition) is 3. The van der Waals surface area contributed by atoms with Crippen LogP contribution in [0.15, 0.2) is 22.7 Å². The van der Waals surface area contributed by atoms with Crippen LogP contribution in [-0.2, 0) is 6.54 Å². The Morgan fingerprint density at radius 1 is 1.31 bits per heavy atom. The molecule has 16 heavy (non-hydrogen) atoms. The van der Waals surface area contributed by atoms with Crippen molar-refractivity contribution in [2.75, 3.05) is 0 Å². The smallest absolute Gasteiger partial charge is 0.171 e. The van der Waals surface area contributed by atoms with Crippen LogP contribution in [0.3, 0.4) is 0 Å². The van der Waals surface area contributed by atoms with Crippen LogP contribution in [-0.4, -0.2) is 5.16 Å². The molecule has 2 N–H and O–H groups in total. The van der Waals surface area contributed by atoms with Crippen molar-refractivity contribution < 1.29 is 4.52 Å². The zero-order chi connectivity index (χ0) is 11.0. The number of para-hydroxylation sites is 1. The van der Waals surface area contributed by atoms with Crippen molar-refractivity contribution in [1.82, 2.24) is 5.16 Å². The van der Waals surface area contributed by atoms with E-state index in [2.05, 4.69) is 11.2 Å². The van der Waals surface area contributed by atoms with Crippen LogP contribution >= 0.6 is 0 Å². The van der Waals surface area contributed by atoms with Gasteiger partial charge in [0.15, 0.2) is 5.58 Å². The number of benzene rings is 1. The second-order valence-electron chi connectivity index (χ2n) is 4.55. The van der Waals surface area contributed by atoms with Crippen molar-refractivity contribution in [2.24, 2.45) is 5.73 Å². The van der Waals surface area contributed by atoms with Gasteiger partial charge in [0.05, 0.1) is 5.69 Å². The molecule has 0 unspecified atom stereocenters. The van der Waals surface area contributed by atoms with Crippen LogP contribution in [0.1, 0.15) is 42.9 Å². The highest BCUT2D eigenvalue weighted by molar-refractivity contribution is 5.82. The lowest BCUT2D eigenvalue weighted by atomic mass is 9.99. The molecule has 1 aliphatic carbocycles.